The van der Waals surface area contributed by atoms with Crippen LogP contribution in [0.4, 0.5) is 0 Å². The summed E-state index contributed by atoms with van der Waals surface area (Å²) in [7, 11) is 0. The molecule has 2 saturated heterocycles. The van der Waals surface area contributed by atoms with Crippen LogP contribution in [0.25, 0.3) is 11.0 Å². The third-order valence-electron chi connectivity index (χ3n) is 9.99. The first-order valence-electron chi connectivity index (χ1n) is 14.0. The van der Waals surface area contributed by atoms with Crippen molar-refractivity contribution < 1.29 is 9.53 Å². The zero-order valence-corrected chi connectivity index (χ0v) is 21.9. The summed E-state index contributed by atoms with van der Waals surface area (Å²) in [6.07, 6.45) is 12.1. The normalized spacial score (nSPS) is 32.3. The predicted octanol–water partition coefficient (Wildman–Crippen LogP) is 5.51. The van der Waals surface area contributed by atoms with E-state index in [0.29, 0.717) is 23.0 Å². The fourth-order valence-electron chi connectivity index (χ4n) is 7.93. The molecule has 0 amide bonds. The number of hydrogen-bond donors (Lipinski definition) is 0. The number of benzene rings is 1. The number of para-hydroxylation sites is 2. The second-order valence-electron chi connectivity index (χ2n) is 12.0. The van der Waals surface area contributed by atoms with Crippen LogP contribution in [0.1, 0.15) is 88.7 Å². The molecule has 5 atom stereocenters. The van der Waals surface area contributed by atoms with Crippen LogP contribution < -0.4 is 5.56 Å². The molecule has 3 unspecified atom stereocenters. The van der Waals surface area contributed by atoms with Crippen molar-refractivity contribution in [3.8, 4) is 0 Å². The largest absolute Gasteiger partial charge is 0.461 e. The maximum absolute atomic E-state index is 13.6. The molecule has 36 heavy (non-hydrogen) atoms. The first-order valence-corrected chi connectivity index (χ1v) is 14.0. The Labute approximate surface area is 213 Å². The number of carbonyl (C=O) groups excluding carboxylic acids is 1. The lowest BCUT2D eigenvalue weighted by atomic mass is 9.47. The summed E-state index contributed by atoms with van der Waals surface area (Å²) in [4.78, 5) is 33.3. The van der Waals surface area contributed by atoms with E-state index in [1.54, 1.807) is 12.5 Å². The van der Waals surface area contributed by atoms with Crippen LogP contribution in [0.5, 0.6) is 0 Å². The molecule has 3 saturated carbocycles. The lowest BCUT2D eigenvalue weighted by Crippen LogP contribution is -2.53. The van der Waals surface area contributed by atoms with E-state index in [2.05, 4.69) is 29.8 Å². The Hall–Kier alpha value is -2.47. The summed E-state index contributed by atoms with van der Waals surface area (Å²) in [5, 5.41) is 0. The van der Waals surface area contributed by atoms with Crippen molar-refractivity contribution >= 4 is 17.0 Å². The average molecular weight is 490 g/mol. The molecule has 1 aromatic heterocycles. The van der Waals surface area contributed by atoms with Gasteiger partial charge in [0.15, 0.2) is 0 Å². The highest BCUT2D eigenvalue weighted by Gasteiger charge is 2.52. The second-order valence-corrected chi connectivity index (χ2v) is 12.0. The molecule has 0 spiro atoms. The summed E-state index contributed by atoms with van der Waals surface area (Å²) >= 11 is 0. The molecule has 0 N–H and O–H groups in total. The molecule has 2 aliphatic heterocycles. The van der Waals surface area contributed by atoms with Crippen molar-refractivity contribution in [2.24, 2.45) is 17.3 Å². The molecular formula is C30H39N3O3. The van der Waals surface area contributed by atoms with Crippen molar-refractivity contribution in [3.05, 3.63) is 52.0 Å². The zero-order valence-electron chi connectivity index (χ0n) is 21.9. The lowest BCUT2D eigenvalue weighted by molar-refractivity contribution is -0.0288. The molecule has 6 nitrogen and oxygen atoms in total. The summed E-state index contributed by atoms with van der Waals surface area (Å²) in [5.41, 5.74) is 3.27. The number of allylic oxidation sites excluding steroid dienone is 1. The van der Waals surface area contributed by atoms with Crippen molar-refractivity contribution in [2.75, 3.05) is 13.2 Å². The summed E-state index contributed by atoms with van der Waals surface area (Å²) in [6.45, 7) is 7.93. The van der Waals surface area contributed by atoms with E-state index in [1.807, 2.05) is 28.8 Å². The average Bonchev–Trinajstić information content (AvgIpc) is 2.86. The number of piperidine rings is 2. The minimum Gasteiger partial charge on any atom is -0.461 e. The van der Waals surface area contributed by atoms with Crippen LogP contribution in [0, 0.1) is 17.3 Å². The number of nitrogens with zero attached hydrogens (tertiary/aromatic N) is 3. The molecule has 192 valence electrons. The maximum atomic E-state index is 13.6. The SMILES string of the molecule is CCOC(=O)c1nc2ccccc2n(C2C[C@H]3CCC[C@@H](C2)N3C/C=C2\CCC3CC2C3(C)C)c1=O. The Morgan fingerprint density at radius 3 is 2.56 bits per heavy atom. The minimum absolute atomic E-state index is 0.0683. The van der Waals surface area contributed by atoms with Crippen molar-refractivity contribution in [3.63, 3.8) is 0 Å². The molecule has 1 aromatic carbocycles. The highest BCUT2D eigenvalue weighted by Crippen LogP contribution is 2.61. The van der Waals surface area contributed by atoms with Gasteiger partial charge in [-0.2, -0.15) is 0 Å². The zero-order chi connectivity index (χ0) is 25.0. The van der Waals surface area contributed by atoms with E-state index in [0.717, 1.165) is 36.7 Å². The van der Waals surface area contributed by atoms with Gasteiger partial charge in [0.25, 0.3) is 5.56 Å². The van der Waals surface area contributed by atoms with Gasteiger partial charge in [-0.25, -0.2) is 9.78 Å². The third kappa shape index (κ3) is 3.84. The Balaban J connectivity index is 1.29. The van der Waals surface area contributed by atoms with Gasteiger partial charge < -0.3 is 9.30 Å². The number of carbonyl (C=O) groups is 1. The number of rotatable bonds is 5. The summed E-state index contributed by atoms with van der Waals surface area (Å²) in [6, 6.07) is 8.70. The fourth-order valence-corrected chi connectivity index (χ4v) is 7.93. The Morgan fingerprint density at radius 2 is 1.86 bits per heavy atom. The van der Waals surface area contributed by atoms with Gasteiger partial charge in [-0.05, 0) is 81.3 Å². The molecule has 4 bridgehead atoms. The molecule has 5 aliphatic rings. The first kappa shape index (κ1) is 23.9. The van der Waals surface area contributed by atoms with Crippen LogP contribution in [0.3, 0.4) is 0 Å². The number of hydrogen-bond acceptors (Lipinski definition) is 5. The third-order valence-corrected chi connectivity index (χ3v) is 9.99. The van der Waals surface area contributed by atoms with Gasteiger partial charge in [0.1, 0.15) is 0 Å². The van der Waals surface area contributed by atoms with Crippen molar-refractivity contribution in [2.45, 2.75) is 90.3 Å². The first-order chi connectivity index (χ1) is 17.4. The van der Waals surface area contributed by atoms with E-state index in [-0.39, 0.29) is 23.9 Å². The van der Waals surface area contributed by atoms with Crippen molar-refractivity contribution in [1.29, 1.82) is 0 Å². The Kier molecular flexibility index (Phi) is 6.06. The van der Waals surface area contributed by atoms with Crippen LogP contribution in [0.15, 0.2) is 40.7 Å². The van der Waals surface area contributed by atoms with Crippen molar-refractivity contribution in [1.82, 2.24) is 14.5 Å². The number of aromatic nitrogens is 2. The highest BCUT2D eigenvalue weighted by molar-refractivity contribution is 5.89. The molecule has 7 rings (SSSR count). The molecule has 5 fully saturated rings. The van der Waals surface area contributed by atoms with Crippen LogP contribution >= 0.6 is 0 Å². The fraction of sp³-hybridized carbons (Fsp3) is 0.633. The highest BCUT2D eigenvalue weighted by atomic mass is 16.5. The summed E-state index contributed by atoms with van der Waals surface area (Å²) in [5.74, 6) is 1.07. The summed E-state index contributed by atoms with van der Waals surface area (Å²) < 4.78 is 7.05. The van der Waals surface area contributed by atoms with E-state index in [1.165, 1.54) is 38.5 Å². The molecular weight excluding hydrogens is 450 g/mol. The second kappa shape index (κ2) is 9.13. The number of fused-ring (bicyclic) bond motifs is 5. The van der Waals surface area contributed by atoms with Crippen LogP contribution in [-0.4, -0.2) is 45.7 Å². The molecule has 3 heterocycles. The quantitative estimate of drug-likeness (QED) is 0.409. The maximum Gasteiger partial charge on any atom is 0.362 e. The molecule has 2 aromatic rings. The topological polar surface area (TPSA) is 64.4 Å². The van der Waals surface area contributed by atoms with E-state index >= 15 is 0 Å². The van der Waals surface area contributed by atoms with Gasteiger partial charge >= 0.3 is 5.97 Å². The van der Waals surface area contributed by atoms with Crippen LogP contribution in [-0.2, 0) is 4.74 Å². The Bertz CT molecular complexity index is 1250. The van der Waals surface area contributed by atoms with Gasteiger partial charge in [-0.15, -0.1) is 0 Å². The number of ether oxygens (including phenoxy) is 1. The van der Waals surface area contributed by atoms with E-state index in [9.17, 15) is 9.59 Å². The molecule has 0 radical (unpaired) electrons. The Morgan fingerprint density at radius 1 is 1.11 bits per heavy atom. The van der Waals surface area contributed by atoms with Gasteiger partial charge in [-0.3, -0.25) is 9.69 Å². The van der Waals surface area contributed by atoms with E-state index in [4.69, 9.17) is 4.74 Å². The van der Waals surface area contributed by atoms with Gasteiger partial charge in [0.05, 0.1) is 17.6 Å². The van der Waals surface area contributed by atoms with E-state index < -0.39 is 5.97 Å². The molecule has 6 heteroatoms. The minimum atomic E-state index is -0.625. The number of esters is 1. The van der Waals surface area contributed by atoms with Crippen LogP contribution in [0.2, 0.25) is 0 Å². The van der Waals surface area contributed by atoms with Gasteiger partial charge in [-0.1, -0.05) is 44.1 Å². The smallest absolute Gasteiger partial charge is 0.362 e. The lowest BCUT2D eigenvalue weighted by Gasteiger charge is -2.58. The molecule has 3 aliphatic carbocycles. The van der Waals surface area contributed by atoms with Gasteiger partial charge in [0, 0.05) is 24.7 Å². The predicted molar refractivity (Wildman–Crippen MR) is 141 cm³/mol. The monoisotopic (exact) mass is 489 g/mol. The van der Waals surface area contributed by atoms with Gasteiger partial charge in [0.2, 0.25) is 5.69 Å². The standard InChI is InChI=1S/C30H39N3O3/c1-4-36-29(35)27-28(34)33(26-11-6-5-10-25(26)31-27)23-17-21-8-7-9-22(18-23)32(21)15-14-19-12-13-20-16-24(19)30(20,2)3/h5-6,10-11,14,20-24H,4,7-9,12-13,15-18H2,1-3H3/b19-14+/t20?,21-,22+,23?,24?.